The van der Waals surface area contributed by atoms with E-state index in [1.807, 2.05) is 4.72 Å². The van der Waals surface area contributed by atoms with Crippen molar-refractivity contribution in [1.29, 1.82) is 0 Å². The number of benzene rings is 1. The van der Waals surface area contributed by atoms with Crippen LogP contribution in [0.3, 0.4) is 0 Å². The number of rotatable bonds is 10. The molecule has 10 nitrogen and oxygen atoms in total. The van der Waals surface area contributed by atoms with Gasteiger partial charge < -0.3 is 9.64 Å². The van der Waals surface area contributed by atoms with Crippen molar-refractivity contribution >= 4 is 49.5 Å². The Morgan fingerprint density at radius 3 is 2.69 bits per heavy atom. The predicted molar refractivity (Wildman–Crippen MR) is 130 cm³/mol. The molecule has 15 heteroatoms. The second-order valence-electron chi connectivity index (χ2n) is 8.22. The minimum atomic E-state index is -4.92. The average Bonchev–Trinajstić information content (AvgIpc) is 3.25. The molecule has 0 saturated carbocycles. The molecule has 0 spiro atoms. The summed E-state index contributed by atoms with van der Waals surface area (Å²) in [4.78, 5) is 13.9. The van der Waals surface area contributed by atoms with E-state index in [-0.39, 0.29) is 34.2 Å². The molecule has 1 atom stereocenters. The number of nitrogens with one attached hydrogen (secondary N) is 1. The normalized spacial score (nSPS) is 16.3. The highest BCUT2D eigenvalue weighted by Gasteiger charge is 2.36. The van der Waals surface area contributed by atoms with Crippen molar-refractivity contribution in [3.63, 3.8) is 0 Å². The van der Waals surface area contributed by atoms with Crippen LogP contribution >= 0.6 is 11.3 Å². The number of sulfonamides is 1. The zero-order valence-corrected chi connectivity index (χ0v) is 21.6. The Kier molecular flexibility index (Phi) is 8.87. The van der Waals surface area contributed by atoms with E-state index in [0.29, 0.717) is 6.42 Å². The molecule has 2 aromatic rings. The number of carbonyl (C=O) groups excluding carboxylic acids is 1. The van der Waals surface area contributed by atoms with Crippen LogP contribution in [0.15, 0.2) is 22.4 Å². The molecule has 1 aliphatic rings. The molecule has 3 rings (SSSR count). The number of azo groups is 1. The molecule has 1 unspecified atom stereocenters. The maximum absolute atomic E-state index is 12.9. The Morgan fingerprint density at radius 2 is 2.03 bits per heavy atom. The van der Waals surface area contributed by atoms with Crippen LogP contribution in [0.1, 0.15) is 55.4 Å². The zero-order chi connectivity index (χ0) is 26.5. The summed E-state index contributed by atoms with van der Waals surface area (Å²) in [5.74, 6) is -2.71. The number of ether oxygens (including phenoxy) is 1. The highest BCUT2D eigenvalue weighted by molar-refractivity contribution is 7.92. The first-order valence-electron chi connectivity index (χ1n) is 11.4. The van der Waals surface area contributed by atoms with Crippen molar-refractivity contribution in [1.82, 2.24) is 10.2 Å². The number of unbranched alkanes of at least 4 members (excludes halogenated alkanes) is 1. The number of anilines is 2. The number of aryl methyl sites for hydroxylation is 1. The summed E-state index contributed by atoms with van der Waals surface area (Å²) in [6.45, 7) is 6.62. The smallest absolute Gasteiger partial charge is 0.404 e. The van der Waals surface area contributed by atoms with Crippen LogP contribution in [-0.2, 0) is 21.2 Å². The van der Waals surface area contributed by atoms with Crippen LogP contribution in [0.5, 0.6) is 0 Å². The van der Waals surface area contributed by atoms with Crippen molar-refractivity contribution in [3.8, 4) is 0 Å². The molecule has 0 saturated heterocycles. The molecule has 1 N–H and O–H groups in total. The first-order chi connectivity index (χ1) is 16.9. The molecule has 1 aliphatic heterocycles. The van der Waals surface area contributed by atoms with E-state index in [4.69, 9.17) is 4.74 Å². The SMILES string of the molecule is CCCCN1c2cc(NS(=O)(=O)CC(F)(F)F)c(N=Nc3nnc(C(=O)OCC)s3)cc2CCC1C. The van der Waals surface area contributed by atoms with Crippen LogP contribution in [0.4, 0.5) is 35.4 Å². The van der Waals surface area contributed by atoms with E-state index in [1.165, 1.54) is 6.07 Å². The molecule has 0 fully saturated rings. The fourth-order valence-electron chi connectivity index (χ4n) is 3.73. The van der Waals surface area contributed by atoms with Crippen molar-refractivity contribution in [2.75, 3.05) is 28.5 Å². The molecule has 1 aromatic heterocycles. The lowest BCUT2D eigenvalue weighted by Gasteiger charge is -2.37. The molecule has 0 amide bonds. The van der Waals surface area contributed by atoms with Gasteiger partial charge in [-0.05, 0) is 50.8 Å². The Bertz CT molecular complexity index is 1220. The Balaban J connectivity index is 2.00. The van der Waals surface area contributed by atoms with E-state index in [2.05, 4.69) is 39.2 Å². The molecular weight excluding hydrogens is 521 g/mol. The van der Waals surface area contributed by atoms with Crippen LogP contribution in [0.25, 0.3) is 0 Å². The van der Waals surface area contributed by atoms with Gasteiger partial charge in [-0.1, -0.05) is 24.7 Å². The van der Waals surface area contributed by atoms with Crippen LogP contribution < -0.4 is 9.62 Å². The number of halogens is 3. The second-order valence-corrected chi connectivity index (χ2v) is 10.9. The van der Waals surface area contributed by atoms with Gasteiger partial charge in [0.15, 0.2) is 5.75 Å². The van der Waals surface area contributed by atoms with Gasteiger partial charge >= 0.3 is 12.1 Å². The maximum Gasteiger partial charge on any atom is 0.404 e. The summed E-state index contributed by atoms with van der Waals surface area (Å²) in [7, 11) is -4.77. The monoisotopic (exact) mass is 548 g/mol. The number of carbonyl (C=O) groups is 1. The van der Waals surface area contributed by atoms with Gasteiger partial charge in [0.05, 0.1) is 12.3 Å². The van der Waals surface area contributed by atoms with E-state index >= 15 is 0 Å². The number of esters is 1. The summed E-state index contributed by atoms with van der Waals surface area (Å²) in [5, 5.41) is 15.4. The van der Waals surface area contributed by atoms with Gasteiger partial charge in [-0.15, -0.1) is 20.4 Å². The third-order valence-electron chi connectivity index (χ3n) is 5.35. The fourth-order valence-corrected chi connectivity index (χ4v) is 5.29. The lowest BCUT2D eigenvalue weighted by atomic mass is 9.95. The largest absolute Gasteiger partial charge is 0.461 e. The van der Waals surface area contributed by atoms with Gasteiger partial charge in [-0.25, -0.2) is 13.2 Å². The van der Waals surface area contributed by atoms with Crippen LogP contribution in [-0.4, -0.2) is 55.7 Å². The number of aromatic nitrogens is 2. The number of fused-ring (bicyclic) bond motifs is 1. The quantitative estimate of drug-likeness (QED) is 0.312. The number of alkyl halides is 3. The molecule has 0 radical (unpaired) electrons. The molecule has 1 aromatic carbocycles. The fraction of sp³-hybridized carbons (Fsp3) is 0.571. The van der Waals surface area contributed by atoms with Crippen LogP contribution in [0, 0.1) is 0 Å². The van der Waals surface area contributed by atoms with Gasteiger partial charge in [-0.3, -0.25) is 4.72 Å². The topological polar surface area (TPSA) is 126 Å². The third kappa shape index (κ3) is 7.35. The van der Waals surface area contributed by atoms with Crippen molar-refractivity contribution in [2.45, 2.75) is 58.7 Å². The van der Waals surface area contributed by atoms with Crippen molar-refractivity contribution in [3.05, 3.63) is 22.7 Å². The van der Waals surface area contributed by atoms with Gasteiger partial charge in [0, 0.05) is 18.3 Å². The molecule has 0 aliphatic carbocycles. The summed E-state index contributed by atoms with van der Waals surface area (Å²) in [6, 6.07) is 3.30. The predicted octanol–water partition coefficient (Wildman–Crippen LogP) is 5.38. The van der Waals surface area contributed by atoms with Gasteiger partial charge in [-0.2, -0.15) is 13.2 Å². The Hall–Kier alpha value is -2.81. The zero-order valence-electron chi connectivity index (χ0n) is 20.0. The van der Waals surface area contributed by atoms with Gasteiger partial charge in [0.2, 0.25) is 15.0 Å². The summed E-state index contributed by atoms with van der Waals surface area (Å²) in [5.41, 5.74) is 1.51. The van der Waals surface area contributed by atoms with E-state index in [1.54, 1.807) is 13.0 Å². The Labute approximate surface area is 211 Å². The van der Waals surface area contributed by atoms with Crippen molar-refractivity contribution in [2.24, 2.45) is 10.2 Å². The number of nitrogens with zero attached hydrogens (tertiary/aromatic N) is 5. The van der Waals surface area contributed by atoms with E-state index < -0.39 is 27.9 Å². The lowest BCUT2D eigenvalue weighted by molar-refractivity contribution is -0.106. The summed E-state index contributed by atoms with van der Waals surface area (Å²) < 4.78 is 70.0. The van der Waals surface area contributed by atoms with Crippen molar-refractivity contribution < 1.29 is 31.1 Å². The average molecular weight is 549 g/mol. The molecule has 2 heterocycles. The first kappa shape index (κ1) is 27.8. The highest BCUT2D eigenvalue weighted by atomic mass is 32.2. The standard InChI is InChI=1S/C21H27F3N6O4S2/c1-4-6-9-30-13(3)7-8-14-10-15(25-27-20-28-26-18(35-20)19(31)34-5-2)16(11-17(14)30)29-36(32,33)12-21(22,23)24/h10-11,13,29H,4-9,12H2,1-3H3. The first-order valence-corrected chi connectivity index (χ1v) is 13.8. The molecule has 0 bridgehead atoms. The second kappa shape index (κ2) is 11.5. The minimum Gasteiger partial charge on any atom is -0.461 e. The number of hydrogen-bond donors (Lipinski definition) is 1. The Morgan fingerprint density at radius 1 is 1.28 bits per heavy atom. The van der Waals surface area contributed by atoms with Crippen LogP contribution in [0.2, 0.25) is 0 Å². The minimum absolute atomic E-state index is 0.00179. The summed E-state index contributed by atoms with van der Waals surface area (Å²) in [6.07, 6.45) is -1.53. The summed E-state index contributed by atoms with van der Waals surface area (Å²) >= 11 is 0.813. The highest BCUT2D eigenvalue weighted by Crippen LogP contribution is 2.40. The van der Waals surface area contributed by atoms with Gasteiger partial charge in [0.25, 0.3) is 5.13 Å². The molecule has 198 valence electrons. The number of hydrogen-bond acceptors (Lipinski definition) is 10. The van der Waals surface area contributed by atoms with E-state index in [9.17, 15) is 26.4 Å². The van der Waals surface area contributed by atoms with Gasteiger partial charge in [0.1, 0.15) is 5.69 Å². The third-order valence-corrected chi connectivity index (χ3v) is 7.38. The maximum atomic E-state index is 12.9. The molecule has 36 heavy (non-hydrogen) atoms. The lowest BCUT2D eigenvalue weighted by Crippen LogP contribution is -2.38. The molecular formula is C21H27F3N6O4S2. The van der Waals surface area contributed by atoms with E-state index in [0.717, 1.165) is 48.4 Å².